The maximum atomic E-state index is 12.1. The van der Waals surface area contributed by atoms with Crippen LogP contribution >= 0.6 is 69.6 Å². The summed E-state index contributed by atoms with van der Waals surface area (Å²) in [6, 6.07) is 11.4. The van der Waals surface area contributed by atoms with Crippen LogP contribution in [0.2, 0.25) is 0 Å². The molecule has 2 unspecified atom stereocenters. The molecule has 2 atom stereocenters. The second-order valence-electron chi connectivity index (χ2n) is 7.56. The average molecular weight is 621 g/mol. The average Bonchev–Trinajstić information content (AvgIpc) is 2.81. The Morgan fingerprint density at radius 1 is 0.639 bits per heavy atom. The maximum absolute atomic E-state index is 12.1. The fourth-order valence-electron chi connectivity index (χ4n) is 2.73. The van der Waals surface area contributed by atoms with E-state index in [1.165, 1.54) is 48.5 Å². The number of carbonyl (C=O) groups is 2. The zero-order valence-electron chi connectivity index (χ0n) is 19.3. The van der Waals surface area contributed by atoms with Crippen molar-refractivity contribution in [3.8, 4) is 23.0 Å². The van der Waals surface area contributed by atoms with Crippen LogP contribution in [-0.4, -0.2) is 31.7 Å². The summed E-state index contributed by atoms with van der Waals surface area (Å²) in [7, 11) is 0. The molecule has 0 N–H and O–H groups in total. The van der Waals surface area contributed by atoms with Crippen LogP contribution in [0.15, 0.2) is 48.5 Å². The molecule has 0 aromatic heterocycles. The molecule has 0 aliphatic carbocycles. The number of hydrogen-bond donors (Lipinski definition) is 0. The molecule has 36 heavy (non-hydrogen) atoms. The smallest absolute Gasteiger partial charge is 0.423 e. The Labute approximate surface area is 239 Å². The van der Waals surface area contributed by atoms with Crippen LogP contribution < -0.4 is 18.9 Å². The van der Waals surface area contributed by atoms with E-state index in [1.54, 1.807) is 0 Å². The van der Waals surface area contributed by atoms with Gasteiger partial charge in [-0.3, -0.25) is 0 Å². The van der Waals surface area contributed by atoms with Gasteiger partial charge in [0.05, 0.1) is 0 Å². The molecule has 198 valence electrons. The lowest BCUT2D eigenvalue weighted by molar-refractivity contribution is -0.156. The quantitative estimate of drug-likeness (QED) is 0.104. The molecule has 2 aromatic rings. The van der Waals surface area contributed by atoms with Gasteiger partial charge < -0.3 is 18.9 Å². The largest absolute Gasteiger partial charge is 0.456 e. The van der Waals surface area contributed by atoms with Gasteiger partial charge in [-0.15, -0.1) is 23.2 Å². The fraction of sp³-hybridized carbons (Fsp3) is 0.417. The number of rotatable bonds is 12. The highest BCUT2D eigenvalue weighted by molar-refractivity contribution is 6.51. The van der Waals surface area contributed by atoms with Gasteiger partial charge in [0.2, 0.25) is 0 Å². The number of carbonyl (C=O) groups excluding carboxylic acids is 2. The van der Waals surface area contributed by atoms with E-state index in [4.69, 9.17) is 88.6 Å². The van der Waals surface area contributed by atoms with E-state index in [0.717, 1.165) is 12.8 Å². The van der Waals surface area contributed by atoms with Crippen molar-refractivity contribution in [2.24, 2.45) is 0 Å². The lowest BCUT2D eigenvalue weighted by Crippen LogP contribution is -2.33. The van der Waals surface area contributed by atoms with Gasteiger partial charge >= 0.3 is 11.9 Å². The monoisotopic (exact) mass is 618 g/mol. The summed E-state index contributed by atoms with van der Waals surface area (Å²) >= 11 is 36.9. The van der Waals surface area contributed by atoms with E-state index in [-0.39, 0.29) is 11.5 Å². The predicted octanol–water partition coefficient (Wildman–Crippen LogP) is 8.03. The predicted molar refractivity (Wildman–Crippen MR) is 143 cm³/mol. The van der Waals surface area contributed by atoms with Crippen molar-refractivity contribution >= 4 is 81.5 Å². The van der Waals surface area contributed by atoms with E-state index in [9.17, 15) is 9.59 Å². The van der Waals surface area contributed by atoms with Gasteiger partial charge in [0.1, 0.15) is 33.8 Å². The van der Waals surface area contributed by atoms with Crippen molar-refractivity contribution < 1.29 is 28.5 Å². The SMILES string of the molecule is CCCC(Cl)C(Cl)(Cl)Oc1ccc(OC(=O)C(=O)Oc2ccc(OC(Cl)(Cl)C(Cl)CCC)cc2)cc1. The van der Waals surface area contributed by atoms with Gasteiger partial charge in [0.15, 0.2) is 0 Å². The van der Waals surface area contributed by atoms with Crippen LogP contribution in [0.5, 0.6) is 23.0 Å². The third-order valence-electron chi connectivity index (χ3n) is 4.56. The molecule has 0 heterocycles. The van der Waals surface area contributed by atoms with E-state index in [1.807, 2.05) is 13.8 Å². The first-order valence-electron chi connectivity index (χ1n) is 10.9. The van der Waals surface area contributed by atoms with Crippen LogP contribution in [0.25, 0.3) is 0 Å². The summed E-state index contributed by atoms with van der Waals surface area (Å²) in [4.78, 5) is 24.2. The van der Waals surface area contributed by atoms with Gasteiger partial charge in [-0.05, 0) is 61.4 Å². The standard InChI is InChI=1S/C24H24Cl6O6/c1-3-5-19(25)23(27,28)35-17-11-7-15(8-12-17)33-21(31)22(32)34-16-9-13-18(14-10-16)36-24(29,30)20(26)6-4-2/h7-14,19-20H,3-6H2,1-2H3. The highest BCUT2D eigenvalue weighted by Crippen LogP contribution is 2.36. The van der Waals surface area contributed by atoms with Crippen LogP contribution in [0.1, 0.15) is 39.5 Å². The molecule has 0 aliphatic heterocycles. The van der Waals surface area contributed by atoms with Crippen LogP contribution in [0.3, 0.4) is 0 Å². The summed E-state index contributed by atoms with van der Waals surface area (Å²) in [5.74, 6) is -1.74. The number of alkyl halides is 6. The van der Waals surface area contributed by atoms with Crippen molar-refractivity contribution in [1.29, 1.82) is 0 Å². The number of esters is 2. The molecule has 0 radical (unpaired) electrons. The minimum atomic E-state index is -1.64. The molecule has 0 fully saturated rings. The molecular weight excluding hydrogens is 597 g/mol. The van der Waals surface area contributed by atoms with Crippen molar-refractivity contribution in [3.05, 3.63) is 48.5 Å². The molecule has 12 heteroatoms. The molecule has 0 saturated carbocycles. The zero-order valence-corrected chi connectivity index (χ0v) is 23.9. The second kappa shape index (κ2) is 14.0. The molecule has 0 saturated heterocycles. The summed E-state index contributed by atoms with van der Waals surface area (Å²) in [6.07, 6.45) is 2.65. The normalized spacial score (nSPS) is 13.4. The number of benzene rings is 2. The molecule has 0 aliphatic rings. The topological polar surface area (TPSA) is 71.1 Å². The molecule has 0 spiro atoms. The first-order chi connectivity index (χ1) is 16.9. The number of halogens is 6. The molecule has 0 bridgehead atoms. The van der Waals surface area contributed by atoms with E-state index in [0.29, 0.717) is 24.3 Å². The Kier molecular flexibility index (Phi) is 12.1. The summed E-state index contributed by atoms with van der Waals surface area (Å²) in [6.45, 7) is 3.88. The summed E-state index contributed by atoms with van der Waals surface area (Å²) < 4.78 is 17.8. The van der Waals surface area contributed by atoms with Gasteiger partial charge in [-0.2, -0.15) is 0 Å². The van der Waals surface area contributed by atoms with E-state index < -0.39 is 31.7 Å². The van der Waals surface area contributed by atoms with E-state index in [2.05, 4.69) is 0 Å². The Hall–Kier alpha value is -1.28. The van der Waals surface area contributed by atoms with Crippen LogP contribution in [0.4, 0.5) is 0 Å². The van der Waals surface area contributed by atoms with E-state index >= 15 is 0 Å². The van der Waals surface area contributed by atoms with Gasteiger partial charge in [0, 0.05) is 0 Å². The van der Waals surface area contributed by atoms with Crippen LogP contribution in [0, 0.1) is 0 Å². The highest BCUT2D eigenvalue weighted by Gasteiger charge is 2.36. The highest BCUT2D eigenvalue weighted by atomic mass is 35.5. The Morgan fingerprint density at radius 2 is 0.917 bits per heavy atom. The van der Waals surface area contributed by atoms with Gasteiger partial charge in [0.25, 0.3) is 9.04 Å². The fourth-order valence-corrected chi connectivity index (χ4v) is 4.05. The molecule has 2 aromatic carbocycles. The van der Waals surface area contributed by atoms with Crippen molar-refractivity contribution in [2.45, 2.75) is 59.3 Å². The molecule has 6 nitrogen and oxygen atoms in total. The minimum Gasteiger partial charge on any atom is -0.456 e. The second-order valence-corrected chi connectivity index (χ2v) is 11.2. The lowest BCUT2D eigenvalue weighted by Gasteiger charge is -2.26. The number of hydrogen-bond acceptors (Lipinski definition) is 6. The van der Waals surface area contributed by atoms with Crippen LogP contribution in [-0.2, 0) is 9.59 Å². The molecule has 0 amide bonds. The first kappa shape index (κ1) is 30.9. The number of ether oxygens (including phenoxy) is 4. The summed E-state index contributed by atoms with van der Waals surface area (Å²) in [5, 5.41) is -1.27. The van der Waals surface area contributed by atoms with Crippen molar-refractivity contribution in [3.63, 3.8) is 0 Å². The van der Waals surface area contributed by atoms with Crippen molar-refractivity contribution in [1.82, 2.24) is 0 Å². The maximum Gasteiger partial charge on any atom is 0.423 e. The third kappa shape index (κ3) is 9.55. The summed E-state index contributed by atoms with van der Waals surface area (Å²) in [5.41, 5.74) is 0. The zero-order chi connectivity index (χ0) is 26.9. The van der Waals surface area contributed by atoms with Gasteiger partial charge in [-0.1, -0.05) is 73.1 Å². The first-order valence-corrected chi connectivity index (χ1v) is 13.3. The third-order valence-corrected chi connectivity index (χ3v) is 7.42. The molecule has 2 rings (SSSR count). The van der Waals surface area contributed by atoms with Crippen molar-refractivity contribution in [2.75, 3.05) is 0 Å². The van der Waals surface area contributed by atoms with Gasteiger partial charge in [-0.25, -0.2) is 9.59 Å². The Bertz CT molecular complexity index is 916. The molecular formula is C24H24Cl6O6. The Balaban J connectivity index is 1.91. The Morgan fingerprint density at radius 3 is 1.19 bits per heavy atom. The lowest BCUT2D eigenvalue weighted by atomic mass is 10.2. The minimum absolute atomic E-state index is 0.0713.